The number of furan rings is 1. The van der Waals surface area contributed by atoms with Crippen molar-refractivity contribution < 1.29 is 14.3 Å². The lowest BCUT2D eigenvalue weighted by Crippen LogP contribution is -2.41. The van der Waals surface area contributed by atoms with E-state index in [9.17, 15) is 9.90 Å². The van der Waals surface area contributed by atoms with Crippen molar-refractivity contribution >= 4 is 5.91 Å². The summed E-state index contributed by atoms with van der Waals surface area (Å²) in [6, 6.07) is 3.50. The number of carbonyl (C=O) groups is 1. The summed E-state index contributed by atoms with van der Waals surface area (Å²) in [5.74, 6) is 0.433. The summed E-state index contributed by atoms with van der Waals surface area (Å²) >= 11 is 0. The normalized spacial score (nSPS) is 19.8. The Bertz CT molecular complexity index is 655. The van der Waals surface area contributed by atoms with Crippen molar-refractivity contribution in [2.45, 2.75) is 51.2 Å². The van der Waals surface area contributed by atoms with Crippen molar-refractivity contribution in [1.29, 1.82) is 0 Å². The fourth-order valence-electron chi connectivity index (χ4n) is 3.19. The monoisotopic (exact) mass is 329 g/mol. The van der Waals surface area contributed by atoms with Crippen LogP contribution >= 0.6 is 0 Å². The molecule has 6 heteroatoms. The molecule has 1 aliphatic rings. The second-order valence-corrected chi connectivity index (χ2v) is 6.31. The van der Waals surface area contributed by atoms with Crippen molar-refractivity contribution in [1.82, 2.24) is 14.9 Å². The van der Waals surface area contributed by atoms with E-state index in [1.807, 2.05) is 11.8 Å². The highest BCUT2D eigenvalue weighted by Gasteiger charge is 2.29. The molecule has 0 radical (unpaired) electrons. The Morgan fingerprint density at radius 3 is 2.96 bits per heavy atom. The maximum absolute atomic E-state index is 12.9. The minimum Gasteiger partial charge on any atom is -0.467 e. The first kappa shape index (κ1) is 16.6. The standard InChI is InChI=1S/C18H23N3O3/c1-13-11-20-15(12-19-13)18(23)21-8-4-2-3-6-14(21)10-16(22)17-7-5-9-24-17/h5,7,9,11-12,14,16,22H,2-4,6,8,10H2,1H3. The number of amides is 1. The lowest BCUT2D eigenvalue weighted by Gasteiger charge is -2.31. The molecule has 2 atom stereocenters. The highest BCUT2D eigenvalue weighted by atomic mass is 16.4. The van der Waals surface area contributed by atoms with Gasteiger partial charge in [0.05, 0.1) is 18.2 Å². The van der Waals surface area contributed by atoms with Crippen LogP contribution in [0.25, 0.3) is 0 Å². The zero-order valence-electron chi connectivity index (χ0n) is 13.9. The van der Waals surface area contributed by atoms with Gasteiger partial charge in [-0.3, -0.25) is 9.78 Å². The Morgan fingerprint density at radius 1 is 1.38 bits per heavy atom. The average molecular weight is 329 g/mol. The minimum absolute atomic E-state index is 0.0248. The summed E-state index contributed by atoms with van der Waals surface area (Å²) in [5.41, 5.74) is 1.15. The molecule has 128 valence electrons. The molecule has 1 aliphatic heterocycles. The van der Waals surface area contributed by atoms with Gasteiger partial charge in [-0.15, -0.1) is 0 Å². The molecule has 0 spiro atoms. The van der Waals surface area contributed by atoms with E-state index in [0.29, 0.717) is 24.4 Å². The van der Waals surface area contributed by atoms with E-state index in [1.54, 1.807) is 24.6 Å². The van der Waals surface area contributed by atoms with Gasteiger partial charge < -0.3 is 14.4 Å². The van der Waals surface area contributed by atoms with Crippen LogP contribution in [0.2, 0.25) is 0 Å². The number of likely N-dealkylation sites (tertiary alicyclic amines) is 1. The second-order valence-electron chi connectivity index (χ2n) is 6.31. The average Bonchev–Trinajstić information content (AvgIpc) is 3.03. The Kier molecular flexibility index (Phi) is 5.25. The maximum atomic E-state index is 12.9. The first-order valence-electron chi connectivity index (χ1n) is 8.46. The molecular weight excluding hydrogens is 306 g/mol. The third kappa shape index (κ3) is 3.82. The number of aryl methyl sites for hydroxylation is 1. The van der Waals surface area contributed by atoms with Crippen molar-refractivity contribution in [2.75, 3.05) is 6.54 Å². The summed E-state index contributed by atoms with van der Waals surface area (Å²) in [5, 5.41) is 10.4. The molecule has 24 heavy (non-hydrogen) atoms. The SMILES string of the molecule is Cc1cnc(C(=O)N2CCCCCC2CC(O)c2ccco2)cn1. The summed E-state index contributed by atoms with van der Waals surface area (Å²) in [4.78, 5) is 23.1. The lowest BCUT2D eigenvalue weighted by molar-refractivity contribution is 0.0551. The van der Waals surface area contributed by atoms with Crippen molar-refractivity contribution in [3.8, 4) is 0 Å². The molecule has 0 aliphatic carbocycles. The molecule has 2 unspecified atom stereocenters. The van der Waals surface area contributed by atoms with Crippen molar-refractivity contribution in [2.24, 2.45) is 0 Å². The number of aliphatic hydroxyl groups excluding tert-OH is 1. The van der Waals surface area contributed by atoms with Crippen LogP contribution in [0.5, 0.6) is 0 Å². The Morgan fingerprint density at radius 2 is 2.25 bits per heavy atom. The smallest absolute Gasteiger partial charge is 0.274 e. The highest BCUT2D eigenvalue weighted by molar-refractivity contribution is 5.92. The van der Waals surface area contributed by atoms with Gasteiger partial charge in [-0.2, -0.15) is 0 Å². The number of rotatable bonds is 4. The van der Waals surface area contributed by atoms with E-state index < -0.39 is 6.10 Å². The van der Waals surface area contributed by atoms with Gasteiger partial charge in [0.15, 0.2) is 0 Å². The number of nitrogens with zero attached hydrogens (tertiary/aromatic N) is 3. The van der Waals surface area contributed by atoms with Gasteiger partial charge in [0.25, 0.3) is 5.91 Å². The van der Waals surface area contributed by atoms with Crippen LogP contribution in [0.3, 0.4) is 0 Å². The van der Waals surface area contributed by atoms with Crippen LogP contribution in [0.4, 0.5) is 0 Å². The van der Waals surface area contributed by atoms with Gasteiger partial charge in [0.2, 0.25) is 0 Å². The number of aromatic nitrogens is 2. The third-order valence-electron chi connectivity index (χ3n) is 4.51. The van der Waals surface area contributed by atoms with Gasteiger partial charge in [0.1, 0.15) is 17.6 Å². The molecule has 2 aromatic rings. The maximum Gasteiger partial charge on any atom is 0.274 e. The molecule has 0 saturated carbocycles. The van der Waals surface area contributed by atoms with E-state index in [0.717, 1.165) is 31.4 Å². The van der Waals surface area contributed by atoms with Gasteiger partial charge in [0, 0.05) is 25.2 Å². The lowest BCUT2D eigenvalue weighted by atomic mass is 10.0. The topological polar surface area (TPSA) is 79.5 Å². The van der Waals surface area contributed by atoms with Crippen molar-refractivity contribution in [3.63, 3.8) is 0 Å². The van der Waals surface area contributed by atoms with Crippen LogP contribution in [0.15, 0.2) is 35.2 Å². The van der Waals surface area contributed by atoms with E-state index in [1.165, 1.54) is 6.20 Å². The zero-order chi connectivity index (χ0) is 16.9. The Balaban J connectivity index is 1.76. The van der Waals surface area contributed by atoms with Crippen LogP contribution in [0.1, 0.15) is 60.2 Å². The molecule has 3 heterocycles. The summed E-state index contributed by atoms with van der Waals surface area (Å²) in [6.45, 7) is 2.53. The van der Waals surface area contributed by atoms with Crippen LogP contribution < -0.4 is 0 Å². The summed E-state index contributed by atoms with van der Waals surface area (Å²) in [6.07, 6.45) is 8.45. The zero-order valence-corrected chi connectivity index (χ0v) is 13.9. The molecule has 1 N–H and O–H groups in total. The minimum atomic E-state index is -0.706. The molecule has 2 aromatic heterocycles. The molecule has 0 bridgehead atoms. The Labute approximate surface area is 141 Å². The van der Waals surface area contributed by atoms with E-state index in [-0.39, 0.29) is 11.9 Å². The molecule has 6 nitrogen and oxygen atoms in total. The fourth-order valence-corrected chi connectivity index (χ4v) is 3.19. The fraction of sp³-hybridized carbons (Fsp3) is 0.500. The number of hydrogen-bond donors (Lipinski definition) is 1. The number of hydrogen-bond acceptors (Lipinski definition) is 5. The molecule has 0 aromatic carbocycles. The van der Waals surface area contributed by atoms with E-state index in [2.05, 4.69) is 9.97 Å². The van der Waals surface area contributed by atoms with Crippen LogP contribution in [-0.2, 0) is 0 Å². The first-order chi connectivity index (χ1) is 11.6. The quantitative estimate of drug-likeness (QED) is 0.933. The van der Waals surface area contributed by atoms with Gasteiger partial charge in [-0.1, -0.05) is 12.8 Å². The largest absolute Gasteiger partial charge is 0.467 e. The molecule has 1 fully saturated rings. The first-order valence-corrected chi connectivity index (χ1v) is 8.46. The van der Waals surface area contributed by atoms with Crippen LogP contribution in [-0.4, -0.2) is 38.5 Å². The van der Waals surface area contributed by atoms with Crippen molar-refractivity contribution in [3.05, 3.63) is 47.9 Å². The molecular formula is C18H23N3O3. The van der Waals surface area contributed by atoms with Crippen LogP contribution in [0, 0.1) is 6.92 Å². The highest BCUT2D eigenvalue weighted by Crippen LogP contribution is 2.27. The molecule has 1 amide bonds. The van der Waals surface area contributed by atoms with E-state index >= 15 is 0 Å². The van der Waals surface area contributed by atoms with Gasteiger partial charge >= 0.3 is 0 Å². The molecule has 3 rings (SSSR count). The summed E-state index contributed by atoms with van der Waals surface area (Å²) < 4.78 is 5.29. The number of carbonyl (C=O) groups excluding carboxylic acids is 1. The predicted octanol–water partition coefficient (Wildman–Crippen LogP) is 2.89. The summed E-state index contributed by atoms with van der Waals surface area (Å²) in [7, 11) is 0. The van der Waals surface area contributed by atoms with Gasteiger partial charge in [-0.05, 0) is 31.9 Å². The van der Waals surface area contributed by atoms with Gasteiger partial charge in [-0.25, -0.2) is 4.98 Å². The molecule has 1 saturated heterocycles. The number of aliphatic hydroxyl groups is 1. The second kappa shape index (κ2) is 7.57. The third-order valence-corrected chi connectivity index (χ3v) is 4.51. The van der Waals surface area contributed by atoms with E-state index in [4.69, 9.17) is 4.42 Å². The Hall–Kier alpha value is -2.21. The predicted molar refractivity (Wildman–Crippen MR) is 88.3 cm³/mol.